The maximum absolute atomic E-state index is 12.7. The van der Waals surface area contributed by atoms with Crippen LogP contribution in [-0.2, 0) is 9.53 Å². The molecule has 0 bridgehead atoms. The largest absolute Gasteiger partial charge is 0.444 e. The van der Waals surface area contributed by atoms with Crippen LogP contribution in [0.3, 0.4) is 0 Å². The molecule has 0 unspecified atom stereocenters. The second kappa shape index (κ2) is 5.89. The Morgan fingerprint density at radius 2 is 1.96 bits per heavy atom. The van der Waals surface area contributed by atoms with Crippen molar-refractivity contribution in [3.8, 4) is 0 Å². The van der Waals surface area contributed by atoms with Gasteiger partial charge in [0.1, 0.15) is 12.1 Å². The molecule has 0 saturated carbocycles. The zero-order valence-electron chi connectivity index (χ0n) is 15.6. The van der Waals surface area contributed by atoms with Gasteiger partial charge in [-0.3, -0.25) is 14.7 Å². The molecule has 140 valence electrons. The molecule has 1 aliphatic heterocycles. The summed E-state index contributed by atoms with van der Waals surface area (Å²) in [6.07, 6.45) is -0.511. The molecule has 1 N–H and O–H groups in total. The number of H-pyrrole nitrogens is 1. The minimum absolute atomic E-state index is 0.0863. The highest BCUT2D eigenvalue weighted by Gasteiger charge is 2.42. The molecule has 1 aliphatic rings. The van der Waals surface area contributed by atoms with Gasteiger partial charge in [0.15, 0.2) is 5.58 Å². The van der Waals surface area contributed by atoms with Crippen molar-refractivity contribution in [1.82, 2.24) is 9.88 Å². The lowest BCUT2D eigenvalue weighted by molar-refractivity contribution is -0.124. The van der Waals surface area contributed by atoms with Gasteiger partial charge >= 0.3 is 11.8 Å². The molecule has 1 saturated heterocycles. The molecule has 2 heterocycles. The summed E-state index contributed by atoms with van der Waals surface area (Å²) in [5, 5.41) is 0. The molecule has 26 heavy (non-hydrogen) atoms. The summed E-state index contributed by atoms with van der Waals surface area (Å²) in [6.45, 7) is 9.33. The number of aromatic nitrogens is 1. The minimum Gasteiger partial charge on any atom is -0.444 e. The lowest BCUT2D eigenvalue weighted by Gasteiger charge is -2.46. The van der Waals surface area contributed by atoms with Crippen molar-refractivity contribution >= 4 is 28.8 Å². The van der Waals surface area contributed by atoms with E-state index in [0.29, 0.717) is 23.3 Å². The van der Waals surface area contributed by atoms with E-state index in [-0.39, 0.29) is 12.5 Å². The van der Waals surface area contributed by atoms with E-state index in [4.69, 9.17) is 9.15 Å². The summed E-state index contributed by atoms with van der Waals surface area (Å²) in [5.74, 6) is -0.772. The normalized spacial score (nSPS) is 17.7. The van der Waals surface area contributed by atoms with Crippen LogP contribution in [0.25, 0.3) is 11.1 Å². The fourth-order valence-electron chi connectivity index (χ4n) is 2.96. The van der Waals surface area contributed by atoms with Gasteiger partial charge in [-0.1, -0.05) is 0 Å². The van der Waals surface area contributed by atoms with E-state index in [9.17, 15) is 14.4 Å². The quantitative estimate of drug-likeness (QED) is 0.842. The van der Waals surface area contributed by atoms with Crippen LogP contribution in [0.4, 0.5) is 10.5 Å². The Morgan fingerprint density at radius 3 is 2.62 bits per heavy atom. The highest BCUT2D eigenvalue weighted by atomic mass is 16.6. The number of amides is 2. The summed E-state index contributed by atoms with van der Waals surface area (Å²) in [6, 6.07) is 5.07. The monoisotopic (exact) mass is 361 g/mol. The van der Waals surface area contributed by atoms with E-state index in [1.165, 1.54) is 4.90 Å². The molecule has 1 fully saturated rings. The van der Waals surface area contributed by atoms with Crippen molar-refractivity contribution in [2.24, 2.45) is 0 Å². The van der Waals surface area contributed by atoms with Crippen LogP contribution in [0, 0.1) is 0 Å². The van der Waals surface area contributed by atoms with E-state index in [1.54, 1.807) is 43.9 Å². The number of carbonyl (C=O) groups is 2. The molecule has 0 spiro atoms. The number of anilines is 1. The molecule has 2 amide bonds. The first kappa shape index (κ1) is 18.0. The molecule has 1 aromatic heterocycles. The van der Waals surface area contributed by atoms with Gasteiger partial charge in [-0.25, -0.2) is 9.59 Å². The van der Waals surface area contributed by atoms with Crippen molar-refractivity contribution in [2.45, 2.75) is 45.8 Å². The fraction of sp³-hybridized carbons (Fsp3) is 0.500. The summed E-state index contributed by atoms with van der Waals surface area (Å²) in [5.41, 5.74) is 0.307. The van der Waals surface area contributed by atoms with Crippen LogP contribution in [0.1, 0.15) is 34.6 Å². The topological polar surface area (TPSA) is 95.9 Å². The number of aromatic amines is 1. The van der Waals surface area contributed by atoms with Crippen molar-refractivity contribution in [2.75, 3.05) is 18.0 Å². The first-order chi connectivity index (χ1) is 12.0. The van der Waals surface area contributed by atoms with Gasteiger partial charge in [0.2, 0.25) is 5.91 Å². The Balaban J connectivity index is 1.87. The zero-order valence-corrected chi connectivity index (χ0v) is 15.6. The number of hydrogen-bond acceptors (Lipinski definition) is 5. The smallest absolute Gasteiger partial charge is 0.417 e. The lowest BCUT2D eigenvalue weighted by atomic mass is 9.98. The van der Waals surface area contributed by atoms with E-state index in [1.807, 2.05) is 13.8 Å². The number of ether oxygens (including phenoxy) is 1. The first-order valence-corrected chi connectivity index (χ1v) is 8.40. The van der Waals surface area contributed by atoms with Crippen LogP contribution in [0.15, 0.2) is 27.4 Å². The van der Waals surface area contributed by atoms with Crippen LogP contribution >= 0.6 is 0 Å². The van der Waals surface area contributed by atoms with Gasteiger partial charge in [0.25, 0.3) is 0 Å². The standard InChI is InChI=1S/C18H23N3O5/c1-17(2,3)26-16(24)21-9-14(22)20(10-18(21,4)5)11-6-7-12-13(8-11)25-15(23)19-12/h6-8H,9-10H2,1-5H3,(H,19,23). The van der Waals surface area contributed by atoms with E-state index in [2.05, 4.69) is 4.98 Å². The average Bonchev–Trinajstić information content (AvgIpc) is 2.86. The number of fused-ring (bicyclic) bond motifs is 1. The van der Waals surface area contributed by atoms with Gasteiger partial charge in [-0.2, -0.15) is 0 Å². The highest BCUT2D eigenvalue weighted by molar-refractivity contribution is 5.99. The Morgan fingerprint density at radius 1 is 1.27 bits per heavy atom. The Labute approximate surface area is 150 Å². The molecule has 2 aromatic rings. The third-order valence-corrected chi connectivity index (χ3v) is 4.20. The van der Waals surface area contributed by atoms with Gasteiger partial charge < -0.3 is 14.1 Å². The second-order valence-electron chi connectivity index (χ2n) is 8.05. The van der Waals surface area contributed by atoms with Crippen LogP contribution in [0.5, 0.6) is 0 Å². The first-order valence-electron chi connectivity index (χ1n) is 8.40. The molecule has 0 aliphatic carbocycles. The number of nitrogens with one attached hydrogen (secondary N) is 1. The number of oxazole rings is 1. The zero-order chi connectivity index (χ0) is 19.3. The Kier molecular flexibility index (Phi) is 4.09. The van der Waals surface area contributed by atoms with E-state index >= 15 is 0 Å². The van der Waals surface area contributed by atoms with Crippen molar-refractivity contribution in [3.63, 3.8) is 0 Å². The van der Waals surface area contributed by atoms with E-state index < -0.39 is 23.0 Å². The molecule has 1 aromatic carbocycles. The third kappa shape index (κ3) is 3.44. The van der Waals surface area contributed by atoms with Crippen LogP contribution in [-0.4, -0.2) is 46.1 Å². The average molecular weight is 361 g/mol. The predicted octanol–water partition coefficient (Wildman–Crippen LogP) is 2.48. The van der Waals surface area contributed by atoms with E-state index in [0.717, 1.165) is 0 Å². The fourth-order valence-corrected chi connectivity index (χ4v) is 2.96. The second-order valence-corrected chi connectivity index (χ2v) is 8.05. The Hall–Kier alpha value is -2.77. The molecule has 3 rings (SSSR count). The van der Waals surface area contributed by atoms with Gasteiger partial charge in [-0.15, -0.1) is 0 Å². The predicted molar refractivity (Wildman–Crippen MR) is 96.2 cm³/mol. The molecule has 8 nitrogen and oxygen atoms in total. The summed E-state index contributed by atoms with van der Waals surface area (Å²) >= 11 is 0. The molecule has 0 radical (unpaired) electrons. The van der Waals surface area contributed by atoms with Crippen LogP contribution < -0.4 is 10.7 Å². The Bertz CT molecular complexity index is 919. The van der Waals surface area contributed by atoms with Gasteiger partial charge in [0.05, 0.1) is 11.1 Å². The minimum atomic E-state index is -0.635. The number of rotatable bonds is 1. The van der Waals surface area contributed by atoms with Gasteiger partial charge in [0, 0.05) is 18.3 Å². The number of nitrogens with zero attached hydrogens (tertiary/aromatic N) is 2. The molecular weight excluding hydrogens is 338 g/mol. The number of benzene rings is 1. The summed E-state index contributed by atoms with van der Waals surface area (Å²) < 4.78 is 10.5. The maximum atomic E-state index is 12.7. The van der Waals surface area contributed by atoms with Gasteiger partial charge in [-0.05, 0) is 46.8 Å². The number of carbonyl (C=O) groups excluding carboxylic acids is 2. The highest BCUT2D eigenvalue weighted by Crippen LogP contribution is 2.29. The van der Waals surface area contributed by atoms with Crippen LogP contribution in [0.2, 0.25) is 0 Å². The number of piperazine rings is 1. The summed E-state index contributed by atoms with van der Waals surface area (Å²) in [7, 11) is 0. The van der Waals surface area contributed by atoms with Crippen molar-refractivity contribution < 1.29 is 18.7 Å². The third-order valence-electron chi connectivity index (χ3n) is 4.20. The maximum Gasteiger partial charge on any atom is 0.417 e. The summed E-state index contributed by atoms with van der Waals surface area (Å²) in [4.78, 5) is 42.1. The molecular formula is C18H23N3O5. The SMILES string of the molecule is CC(C)(C)OC(=O)N1CC(=O)N(c2ccc3[nH]c(=O)oc3c2)CC1(C)C. The van der Waals surface area contributed by atoms with Crippen molar-refractivity contribution in [1.29, 1.82) is 0 Å². The molecule has 0 atom stereocenters. The van der Waals surface area contributed by atoms with Crippen molar-refractivity contribution in [3.05, 3.63) is 28.7 Å². The lowest BCUT2D eigenvalue weighted by Crippen LogP contribution is -2.64. The molecule has 8 heteroatoms. The number of hydrogen-bond donors (Lipinski definition) is 1.